The van der Waals surface area contributed by atoms with Crippen LogP contribution >= 0.6 is 34.7 Å². The Balaban J connectivity index is 1.39. The van der Waals surface area contributed by atoms with Gasteiger partial charge >= 0.3 is 11.9 Å². The van der Waals surface area contributed by atoms with Crippen molar-refractivity contribution in [2.75, 3.05) is 11.5 Å². The zero-order valence-corrected chi connectivity index (χ0v) is 25.1. The summed E-state index contributed by atoms with van der Waals surface area (Å²) in [6.07, 6.45) is 2.04. The number of aliphatic carboxylic acids is 2. The van der Waals surface area contributed by atoms with Crippen molar-refractivity contribution in [2.24, 2.45) is 10.9 Å². The summed E-state index contributed by atoms with van der Waals surface area (Å²) in [6.45, 7) is 1.31. The molecule has 1 fully saturated rings. The number of nitrogens with zero attached hydrogens (tertiary/aromatic N) is 5. The fourth-order valence-electron chi connectivity index (χ4n) is 4.71. The minimum Gasteiger partial charge on any atom is -0.478 e. The SMILES string of the molecule is C[C@H](O/N=C(\C(=O)NC1C(=O)N2C(C(=O)O)=C(C[n+]3cccc4c3ccn4CC(N)=O)CSC12)c1nc(N)sc1Cl)C(=O)O. The van der Waals surface area contributed by atoms with Crippen LogP contribution in [0.15, 0.2) is 47.0 Å². The number of rotatable bonds is 11. The van der Waals surface area contributed by atoms with E-state index < -0.39 is 52.9 Å². The van der Waals surface area contributed by atoms with E-state index in [0.29, 0.717) is 11.1 Å². The van der Waals surface area contributed by atoms with Crippen LogP contribution in [0.25, 0.3) is 11.0 Å². The third-order valence-electron chi connectivity index (χ3n) is 6.73. The molecular weight excluding hydrogens is 640 g/mol. The van der Waals surface area contributed by atoms with Crippen molar-refractivity contribution in [1.29, 1.82) is 0 Å². The number of carboxylic acids is 2. The second-order valence-corrected chi connectivity index (χ2v) is 12.4. The number of carboxylic acid groups (broad SMARTS) is 2. The number of nitrogens with two attached hydrogens (primary N) is 2. The van der Waals surface area contributed by atoms with E-state index in [1.165, 1.54) is 18.7 Å². The lowest BCUT2D eigenvalue weighted by molar-refractivity contribution is -0.663. The number of oxime groups is 1. The van der Waals surface area contributed by atoms with Crippen molar-refractivity contribution in [2.45, 2.75) is 37.5 Å². The van der Waals surface area contributed by atoms with Gasteiger partial charge in [-0.25, -0.2) is 14.6 Å². The Hall–Kier alpha value is -4.68. The first-order chi connectivity index (χ1) is 20.9. The lowest BCUT2D eigenvalue weighted by Crippen LogP contribution is -2.71. The van der Waals surface area contributed by atoms with Crippen LogP contribution in [-0.2, 0) is 41.9 Å². The van der Waals surface area contributed by atoms with Crippen molar-refractivity contribution in [3.63, 3.8) is 0 Å². The standard InChI is InChI=1S/C25H23ClN8O8S2/c1-10(23(38)39)42-31-16(15-19(26)44-25(28)30-15)20(36)29-17-21(37)34-18(24(40)41)11(9-43-22(17)34)7-32-5-2-3-12-13(32)4-6-33(12)8-14(27)35/h2-6,10,17,22H,7-9H2,1H3,(H6-,27,28,29,30,35,36,38,39,40,41)/p+1/b31-16-/t10-,17?,22?/m0/s1. The lowest BCUT2D eigenvalue weighted by Gasteiger charge is -2.49. The van der Waals surface area contributed by atoms with Crippen LogP contribution in [0.1, 0.15) is 12.6 Å². The third-order valence-corrected chi connectivity index (χ3v) is 9.15. The molecule has 0 saturated carbocycles. The molecule has 3 amide bonds. The van der Waals surface area contributed by atoms with Gasteiger partial charge in [0, 0.05) is 29.7 Å². The zero-order chi connectivity index (χ0) is 31.9. The number of thioether (sulfide) groups is 1. The van der Waals surface area contributed by atoms with Crippen LogP contribution in [0.4, 0.5) is 5.13 Å². The number of halogens is 1. The average molecular weight is 664 g/mol. The molecule has 5 heterocycles. The molecule has 2 aliphatic heterocycles. The lowest BCUT2D eigenvalue weighted by atomic mass is 10.0. The Morgan fingerprint density at radius 3 is 2.70 bits per heavy atom. The molecule has 5 rings (SSSR count). The molecule has 3 aromatic heterocycles. The highest BCUT2D eigenvalue weighted by Gasteiger charge is 2.55. The van der Waals surface area contributed by atoms with Gasteiger partial charge in [0.15, 0.2) is 23.6 Å². The molecule has 44 heavy (non-hydrogen) atoms. The molecule has 16 nitrogen and oxygen atoms in total. The largest absolute Gasteiger partial charge is 0.478 e. The van der Waals surface area contributed by atoms with E-state index in [1.54, 1.807) is 39.7 Å². The summed E-state index contributed by atoms with van der Waals surface area (Å²) in [5.74, 6) is -4.58. The fourth-order valence-corrected chi connectivity index (χ4v) is 6.98. The Morgan fingerprint density at radius 2 is 2.07 bits per heavy atom. The molecule has 0 aliphatic carbocycles. The number of nitrogen functional groups attached to an aromatic ring is 1. The molecule has 0 aromatic carbocycles. The first-order valence-corrected chi connectivity index (χ1v) is 15.0. The van der Waals surface area contributed by atoms with Gasteiger partial charge in [0.2, 0.25) is 17.5 Å². The Bertz CT molecular complexity index is 1790. The van der Waals surface area contributed by atoms with E-state index >= 15 is 0 Å². The number of fused-ring (bicyclic) bond motifs is 2. The maximum Gasteiger partial charge on any atom is 0.352 e. The van der Waals surface area contributed by atoms with Gasteiger partial charge in [-0.15, -0.1) is 11.8 Å². The molecular formula is C25H24ClN8O8S2+. The number of carbonyl (C=O) groups excluding carboxylic acids is 3. The average Bonchev–Trinajstić information content (AvgIpc) is 3.52. The van der Waals surface area contributed by atoms with Gasteiger partial charge in [-0.3, -0.25) is 19.3 Å². The topological polar surface area (TPSA) is 236 Å². The second kappa shape index (κ2) is 12.1. The van der Waals surface area contributed by atoms with Gasteiger partial charge in [0.05, 0.1) is 0 Å². The van der Waals surface area contributed by atoms with Gasteiger partial charge in [0.1, 0.15) is 39.2 Å². The van der Waals surface area contributed by atoms with Crippen molar-refractivity contribution >= 4 is 86.2 Å². The number of nitrogens with one attached hydrogen (secondary N) is 1. The van der Waals surface area contributed by atoms with E-state index in [9.17, 15) is 29.1 Å². The number of primary amides is 1. The highest BCUT2D eigenvalue weighted by molar-refractivity contribution is 8.00. The Labute approximate surface area is 260 Å². The maximum absolute atomic E-state index is 13.3. The van der Waals surface area contributed by atoms with Gasteiger partial charge in [0.25, 0.3) is 11.8 Å². The number of thiazole rings is 1. The summed E-state index contributed by atoms with van der Waals surface area (Å²) in [6, 6.07) is 4.19. The highest BCUT2D eigenvalue weighted by atomic mass is 35.5. The van der Waals surface area contributed by atoms with E-state index in [4.69, 9.17) is 33.0 Å². The minimum absolute atomic E-state index is 0.00674. The summed E-state index contributed by atoms with van der Waals surface area (Å²) in [5.41, 5.74) is 12.0. The summed E-state index contributed by atoms with van der Waals surface area (Å²) in [7, 11) is 0. The Kier molecular flexibility index (Phi) is 8.49. The summed E-state index contributed by atoms with van der Waals surface area (Å²) < 4.78 is 3.46. The molecule has 0 bridgehead atoms. The molecule has 2 aliphatic rings. The zero-order valence-electron chi connectivity index (χ0n) is 22.7. The van der Waals surface area contributed by atoms with Gasteiger partial charge in [-0.1, -0.05) is 28.1 Å². The minimum atomic E-state index is -1.42. The molecule has 230 valence electrons. The van der Waals surface area contributed by atoms with Gasteiger partial charge in [-0.05, 0) is 13.0 Å². The fraction of sp³-hybridized carbons (Fsp3) is 0.280. The third kappa shape index (κ3) is 5.78. The van der Waals surface area contributed by atoms with E-state index in [-0.39, 0.29) is 39.7 Å². The van der Waals surface area contributed by atoms with E-state index in [1.807, 2.05) is 0 Å². The van der Waals surface area contributed by atoms with Crippen LogP contribution in [0.2, 0.25) is 4.34 Å². The molecule has 0 spiro atoms. The van der Waals surface area contributed by atoms with Gasteiger partial charge < -0.3 is 36.4 Å². The van der Waals surface area contributed by atoms with Crippen molar-refractivity contribution in [1.82, 2.24) is 19.8 Å². The Morgan fingerprint density at radius 1 is 1.32 bits per heavy atom. The normalized spacial score (nSPS) is 18.9. The predicted octanol–water partition coefficient (Wildman–Crippen LogP) is -0.261. The highest BCUT2D eigenvalue weighted by Crippen LogP contribution is 2.40. The smallest absolute Gasteiger partial charge is 0.352 e. The van der Waals surface area contributed by atoms with Crippen molar-refractivity contribution in [3.8, 4) is 0 Å². The summed E-state index contributed by atoms with van der Waals surface area (Å²) in [5, 5.41) is 24.6. The number of β-lactam (4-membered cyclic amide) rings is 1. The first kappa shape index (κ1) is 30.8. The van der Waals surface area contributed by atoms with Crippen LogP contribution in [0.5, 0.6) is 0 Å². The maximum atomic E-state index is 13.3. The molecule has 3 atom stereocenters. The number of hydrogen-bond acceptors (Lipinski definition) is 11. The molecule has 19 heteroatoms. The summed E-state index contributed by atoms with van der Waals surface area (Å²) in [4.78, 5) is 71.6. The molecule has 2 unspecified atom stereocenters. The quantitative estimate of drug-likeness (QED) is 0.0775. The molecule has 7 N–H and O–H groups in total. The van der Waals surface area contributed by atoms with Crippen molar-refractivity contribution < 1.29 is 43.6 Å². The monoisotopic (exact) mass is 663 g/mol. The van der Waals surface area contributed by atoms with Gasteiger partial charge in [-0.2, -0.15) is 4.57 Å². The van der Waals surface area contributed by atoms with Crippen LogP contribution in [-0.4, -0.2) is 83.3 Å². The number of aromatic nitrogens is 3. The van der Waals surface area contributed by atoms with Crippen LogP contribution < -0.4 is 21.4 Å². The predicted molar refractivity (Wildman–Crippen MR) is 157 cm³/mol. The van der Waals surface area contributed by atoms with E-state index in [2.05, 4.69) is 15.5 Å². The van der Waals surface area contributed by atoms with Crippen LogP contribution in [0, 0.1) is 0 Å². The number of pyridine rings is 1. The van der Waals surface area contributed by atoms with Crippen molar-refractivity contribution in [3.05, 3.63) is 51.9 Å². The second-order valence-electron chi connectivity index (χ2n) is 9.63. The molecule has 3 aromatic rings. The first-order valence-electron chi connectivity index (χ1n) is 12.7. The number of amides is 3. The number of anilines is 1. The number of hydrogen-bond donors (Lipinski definition) is 5. The molecule has 0 radical (unpaired) electrons. The summed E-state index contributed by atoms with van der Waals surface area (Å²) >= 11 is 8.25. The van der Waals surface area contributed by atoms with Crippen LogP contribution in [0.3, 0.4) is 0 Å². The molecule has 1 saturated heterocycles. The van der Waals surface area contributed by atoms with E-state index in [0.717, 1.165) is 21.8 Å². The number of carbonyl (C=O) groups is 5.